The van der Waals surface area contributed by atoms with E-state index in [0.29, 0.717) is 0 Å². The molecule has 0 aromatic heterocycles. The monoisotopic (exact) mass is 420 g/mol. The lowest BCUT2D eigenvalue weighted by molar-refractivity contribution is 0.959. The highest BCUT2D eigenvalue weighted by molar-refractivity contribution is 5.43. The molecule has 4 rings (SSSR count). The molecule has 0 aliphatic carbocycles. The minimum Gasteiger partial charge on any atom is -0.399 e. The van der Waals surface area contributed by atoms with E-state index in [4.69, 9.17) is 11.5 Å². The average Bonchev–Trinajstić information content (AvgIpc) is 2.83. The third-order valence-corrected chi connectivity index (χ3v) is 5.52. The van der Waals surface area contributed by atoms with Gasteiger partial charge in [-0.05, 0) is 96.5 Å². The molecule has 0 unspecified atom stereocenters. The number of benzene rings is 4. The predicted molar refractivity (Wildman–Crippen MR) is 134 cm³/mol. The van der Waals surface area contributed by atoms with Crippen LogP contribution in [0, 0.1) is 0 Å². The molecule has 4 N–H and O–H groups in total. The van der Waals surface area contributed by atoms with Gasteiger partial charge in [0.2, 0.25) is 0 Å². The van der Waals surface area contributed by atoms with Crippen molar-refractivity contribution in [3.63, 3.8) is 0 Å². The van der Waals surface area contributed by atoms with Crippen molar-refractivity contribution in [1.82, 2.24) is 0 Å². The zero-order valence-electron chi connectivity index (χ0n) is 18.1. The first-order chi connectivity index (χ1) is 15.6. The fraction of sp³-hybridized carbons (Fsp3) is 0.143. The normalized spacial score (nSPS) is 11.1. The van der Waals surface area contributed by atoms with Crippen molar-refractivity contribution in [2.75, 3.05) is 11.5 Å². The maximum atomic E-state index is 5.75. The van der Waals surface area contributed by atoms with Crippen LogP contribution in [0.3, 0.4) is 0 Å². The fourth-order valence-corrected chi connectivity index (χ4v) is 3.52. The van der Waals surface area contributed by atoms with Gasteiger partial charge in [0.1, 0.15) is 0 Å². The molecule has 0 amide bonds. The number of hydrogen-bond donors (Lipinski definition) is 2. The van der Waals surface area contributed by atoms with Crippen LogP contribution < -0.4 is 11.5 Å². The number of azo groups is 1. The summed E-state index contributed by atoms with van der Waals surface area (Å²) >= 11 is 0. The minimum atomic E-state index is 0.802. The molecule has 0 spiro atoms. The van der Waals surface area contributed by atoms with Gasteiger partial charge in [-0.15, -0.1) is 0 Å². The third-order valence-electron chi connectivity index (χ3n) is 5.52. The summed E-state index contributed by atoms with van der Waals surface area (Å²) in [4.78, 5) is 0. The molecular formula is C28H28N4. The lowest BCUT2D eigenvalue weighted by atomic mass is 10.0. The van der Waals surface area contributed by atoms with Crippen LogP contribution in [0.15, 0.2) is 107 Å². The van der Waals surface area contributed by atoms with Gasteiger partial charge in [0.15, 0.2) is 0 Å². The third kappa shape index (κ3) is 6.29. The molecule has 4 aromatic carbocycles. The van der Waals surface area contributed by atoms with Crippen molar-refractivity contribution < 1.29 is 0 Å². The number of nitrogens with two attached hydrogens (primary N) is 2. The van der Waals surface area contributed by atoms with Crippen LogP contribution in [-0.2, 0) is 25.7 Å². The second-order valence-corrected chi connectivity index (χ2v) is 8.02. The molecule has 0 aliphatic heterocycles. The van der Waals surface area contributed by atoms with Gasteiger partial charge in [-0.2, -0.15) is 10.2 Å². The molecule has 0 saturated carbocycles. The Labute approximate surface area is 189 Å². The van der Waals surface area contributed by atoms with Crippen molar-refractivity contribution in [2.45, 2.75) is 25.7 Å². The van der Waals surface area contributed by atoms with E-state index in [2.05, 4.69) is 58.8 Å². The molecule has 0 saturated heterocycles. The first kappa shape index (κ1) is 21.3. The smallest absolute Gasteiger partial charge is 0.0857 e. The van der Waals surface area contributed by atoms with Gasteiger partial charge in [0.05, 0.1) is 11.4 Å². The van der Waals surface area contributed by atoms with Gasteiger partial charge in [-0.3, -0.25) is 0 Å². The summed E-state index contributed by atoms with van der Waals surface area (Å²) in [5.41, 5.74) is 20.0. The first-order valence-electron chi connectivity index (χ1n) is 10.9. The van der Waals surface area contributed by atoms with Gasteiger partial charge < -0.3 is 11.5 Å². The number of rotatable bonds is 8. The molecule has 4 nitrogen and oxygen atoms in total. The summed E-state index contributed by atoms with van der Waals surface area (Å²) in [5.74, 6) is 0. The lowest BCUT2D eigenvalue weighted by Crippen LogP contribution is -1.92. The van der Waals surface area contributed by atoms with Crippen LogP contribution >= 0.6 is 0 Å². The van der Waals surface area contributed by atoms with E-state index in [1.807, 2.05) is 48.5 Å². The maximum Gasteiger partial charge on any atom is 0.0857 e. The summed E-state index contributed by atoms with van der Waals surface area (Å²) in [6.07, 6.45) is 3.95. The largest absolute Gasteiger partial charge is 0.399 e. The Kier molecular flexibility index (Phi) is 6.93. The first-order valence-corrected chi connectivity index (χ1v) is 10.9. The zero-order valence-corrected chi connectivity index (χ0v) is 18.1. The number of nitrogen functional groups attached to an aromatic ring is 2. The second-order valence-electron chi connectivity index (χ2n) is 8.02. The Bertz CT molecular complexity index is 1050. The van der Waals surface area contributed by atoms with Crippen molar-refractivity contribution in [1.29, 1.82) is 0 Å². The molecule has 0 atom stereocenters. The van der Waals surface area contributed by atoms with Crippen molar-refractivity contribution >= 4 is 22.7 Å². The quantitative estimate of drug-likeness (QED) is 0.242. The second kappa shape index (κ2) is 10.4. The van der Waals surface area contributed by atoms with E-state index >= 15 is 0 Å². The molecule has 4 aromatic rings. The minimum absolute atomic E-state index is 0.802. The van der Waals surface area contributed by atoms with Crippen LogP contribution in [-0.4, -0.2) is 0 Å². The summed E-state index contributed by atoms with van der Waals surface area (Å²) in [6.45, 7) is 0. The Morgan fingerprint density at radius 1 is 0.375 bits per heavy atom. The predicted octanol–water partition coefficient (Wildman–Crippen LogP) is 6.84. The summed E-state index contributed by atoms with van der Waals surface area (Å²) in [7, 11) is 0. The number of nitrogens with zero attached hydrogens (tertiary/aromatic N) is 2. The average molecular weight is 421 g/mol. The molecule has 0 fully saturated rings. The summed E-state index contributed by atoms with van der Waals surface area (Å²) in [5, 5.41) is 8.75. The molecule has 32 heavy (non-hydrogen) atoms. The highest BCUT2D eigenvalue weighted by Gasteiger charge is 1.99. The van der Waals surface area contributed by atoms with Crippen LogP contribution in [0.25, 0.3) is 0 Å². The molecule has 160 valence electrons. The summed E-state index contributed by atoms with van der Waals surface area (Å²) in [6, 6.07) is 32.7. The standard InChI is InChI=1S/C28H28N4/c29-25-13-5-21(6-14-25)1-3-23-9-17-27(18-10-23)31-32-28-19-11-24(12-20-28)4-2-22-7-15-26(30)16-8-22/h5-20H,1-4,29-30H2. The highest BCUT2D eigenvalue weighted by Crippen LogP contribution is 2.21. The van der Waals surface area contributed by atoms with E-state index in [9.17, 15) is 0 Å². The van der Waals surface area contributed by atoms with Crippen LogP contribution in [0.2, 0.25) is 0 Å². The van der Waals surface area contributed by atoms with E-state index < -0.39 is 0 Å². The fourth-order valence-electron chi connectivity index (χ4n) is 3.52. The van der Waals surface area contributed by atoms with E-state index in [-0.39, 0.29) is 0 Å². The number of aryl methyl sites for hydroxylation is 4. The lowest BCUT2D eigenvalue weighted by Gasteiger charge is -2.04. The molecule has 4 heteroatoms. The number of anilines is 2. The van der Waals surface area contributed by atoms with Gasteiger partial charge in [0, 0.05) is 11.4 Å². The molecule has 0 heterocycles. The molecule has 0 radical (unpaired) electrons. The van der Waals surface area contributed by atoms with E-state index in [1.165, 1.54) is 22.3 Å². The SMILES string of the molecule is Nc1ccc(CCc2ccc(N=Nc3ccc(CCc4ccc(N)cc4)cc3)cc2)cc1. The van der Waals surface area contributed by atoms with Gasteiger partial charge in [-0.1, -0.05) is 48.5 Å². The van der Waals surface area contributed by atoms with Crippen molar-refractivity contribution in [3.05, 3.63) is 119 Å². The molecule has 0 bridgehead atoms. The summed E-state index contributed by atoms with van der Waals surface area (Å²) < 4.78 is 0. The Hall–Kier alpha value is -3.92. The van der Waals surface area contributed by atoms with Crippen LogP contribution in [0.5, 0.6) is 0 Å². The van der Waals surface area contributed by atoms with Gasteiger partial charge in [-0.25, -0.2) is 0 Å². The molecule has 0 aliphatic rings. The Morgan fingerprint density at radius 3 is 0.906 bits per heavy atom. The maximum absolute atomic E-state index is 5.75. The Balaban J connectivity index is 1.27. The van der Waals surface area contributed by atoms with E-state index in [0.717, 1.165) is 48.4 Å². The highest BCUT2D eigenvalue weighted by atomic mass is 15.1. The topological polar surface area (TPSA) is 76.8 Å². The molecular weight excluding hydrogens is 392 g/mol. The van der Waals surface area contributed by atoms with Crippen molar-refractivity contribution in [2.24, 2.45) is 10.2 Å². The van der Waals surface area contributed by atoms with Crippen LogP contribution in [0.4, 0.5) is 22.7 Å². The van der Waals surface area contributed by atoms with E-state index in [1.54, 1.807) is 0 Å². The van der Waals surface area contributed by atoms with Gasteiger partial charge >= 0.3 is 0 Å². The number of hydrogen-bond acceptors (Lipinski definition) is 4. The Morgan fingerprint density at radius 2 is 0.625 bits per heavy atom. The van der Waals surface area contributed by atoms with Crippen molar-refractivity contribution in [3.8, 4) is 0 Å². The van der Waals surface area contributed by atoms with Gasteiger partial charge in [0.25, 0.3) is 0 Å². The zero-order chi connectivity index (χ0) is 22.2. The van der Waals surface area contributed by atoms with Crippen LogP contribution in [0.1, 0.15) is 22.3 Å².